The molecule has 0 heterocycles. The fourth-order valence-electron chi connectivity index (χ4n) is 2.37. The minimum Gasteiger partial charge on any atom is -0.317 e. The first-order valence-corrected chi connectivity index (χ1v) is 7.42. The molecule has 2 heteroatoms. The average Bonchev–Trinajstić information content (AvgIpc) is 2.44. The molecular weight excluding hydrogens is 266 g/mol. The molecule has 2 aromatic rings. The summed E-state index contributed by atoms with van der Waals surface area (Å²) in [4.78, 5) is 0. The lowest BCUT2D eigenvalue weighted by atomic mass is 9.96. The van der Waals surface area contributed by atoms with Crippen molar-refractivity contribution >= 4 is 11.6 Å². The number of benzene rings is 2. The van der Waals surface area contributed by atoms with Crippen LogP contribution in [0.25, 0.3) is 11.1 Å². The van der Waals surface area contributed by atoms with E-state index in [1.54, 1.807) is 0 Å². The molecular formula is C18H22ClN. The Morgan fingerprint density at radius 3 is 2.30 bits per heavy atom. The Hall–Kier alpha value is -1.31. The molecule has 0 amide bonds. The lowest BCUT2D eigenvalue weighted by molar-refractivity contribution is 0.608. The van der Waals surface area contributed by atoms with Gasteiger partial charge in [0.25, 0.3) is 0 Å². The summed E-state index contributed by atoms with van der Waals surface area (Å²) >= 11 is 6.16. The number of halogens is 1. The standard InChI is InChI=1S/C18H22ClN/c1-12-10-18(19)13(2)9-17(12)16-7-5-15(6-8-16)11-14(3)20-4/h5-10,14,20H,11H2,1-4H3. The van der Waals surface area contributed by atoms with E-state index in [9.17, 15) is 0 Å². The zero-order valence-electron chi connectivity index (χ0n) is 12.6. The highest BCUT2D eigenvalue weighted by Crippen LogP contribution is 2.29. The highest BCUT2D eigenvalue weighted by molar-refractivity contribution is 6.31. The van der Waals surface area contributed by atoms with Crippen LogP contribution < -0.4 is 5.32 Å². The predicted molar refractivity (Wildman–Crippen MR) is 88.6 cm³/mol. The molecule has 1 unspecified atom stereocenters. The summed E-state index contributed by atoms with van der Waals surface area (Å²) in [6.45, 7) is 6.35. The van der Waals surface area contributed by atoms with Gasteiger partial charge in [0.2, 0.25) is 0 Å². The Bertz CT molecular complexity index is 587. The van der Waals surface area contributed by atoms with Crippen molar-refractivity contribution in [2.45, 2.75) is 33.2 Å². The van der Waals surface area contributed by atoms with E-state index in [1.807, 2.05) is 20.0 Å². The van der Waals surface area contributed by atoms with Gasteiger partial charge in [0, 0.05) is 11.1 Å². The van der Waals surface area contributed by atoms with Gasteiger partial charge in [0.15, 0.2) is 0 Å². The van der Waals surface area contributed by atoms with Gasteiger partial charge in [0.05, 0.1) is 0 Å². The van der Waals surface area contributed by atoms with Crippen molar-refractivity contribution in [1.29, 1.82) is 0 Å². The van der Waals surface area contributed by atoms with E-state index in [1.165, 1.54) is 22.3 Å². The number of hydrogen-bond acceptors (Lipinski definition) is 1. The maximum Gasteiger partial charge on any atom is 0.0438 e. The maximum absolute atomic E-state index is 6.16. The van der Waals surface area contributed by atoms with Crippen LogP contribution in [0.4, 0.5) is 0 Å². The molecule has 0 aliphatic rings. The van der Waals surface area contributed by atoms with Crippen LogP contribution in [0.2, 0.25) is 5.02 Å². The summed E-state index contributed by atoms with van der Waals surface area (Å²) in [6.07, 6.45) is 1.05. The minimum atomic E-state index is 0.500. The van der Waals surface area contributed by atoms with Crippen molar-refractivity contribution in [2.24, 2.45) is 0 Å². The molecule has 1 N–H and O–H groups in total. The van der Waals surface area contributed by atoms with Crippen molar-refractivity contribution in [3.8, 4) is 11.1 Å². The maximum atomic E-state index is 6.16. The van der Waals surface area contributed by atoms with Gasteiger partial charge >= 0.3 is 0 Å². The van der Waals surface area contributed by atoms with Crippen LogP contribution in [0.5, 0.6) is 0 Å². The van der Waals surface area contributed by atoms with Crippen LogP contribution in [0.3, 0.4) is 0 Å². The molecule has 1 nitrogen and oxygen atoms in total. The van der Waals surface area contributed by atoms with E-state index in [-0.39, 0.29) is 0 Å². The zero-order chi connectivity index (χ0) is 14.7. The molecule has 0 saturated heterocycles. The van der Waals surface area contributed by atoms with Gasteiger partial charge in [0.1, 0.15) is 0 Å². The first kappa shape index (κ1) is 15.1. The molecule has 106 valence electrons. The van der Waals surface area contributed by atoms with Gasteiger partial charge in [-0.15, -0.1) is 0 Å². The van der Waals surface area contributed by atoms with Crippen molar-refractivity contribution in [3.63, 3.8) is 0 Å². The first-order valence-electron chi connectivity index (χ1n) is 7.04. The monoisotopic (exact) mass is 287 g/mol. The molecule has 20 heavy (non-hydrogen) atoms. The molecule has 0 bridgehead atoms. The van der Waals surface area contributed by atoms with E-state index < -0.39 is 0 Å². The van der Waals surface area contributed by atoms with Crippen molar-refractivity contribution in [3.05, 3.63) is 58.1 Å². The van der Waals surface area contributed by atoms with E-state index in [0.717, 1.165) is 17.0 Å². The predicted octanol–water partition coefficient (Wildman–Crippen LogP) is 4.77. The van der Waals surface area contributed by atoms with Crippen LogP contribution in [-0.2, 0) is 6.42 Å². The molecule has 0 aromatic heterocycles. The van der Waals surface area contributed by atoms with Gasteiger partial charge in [-0.05, 0) is 74.2 Å². The Balaban J connectivity index is 2.28. The third-order valence-corrected chi connectivity index (χ3v) is 4.21. The number of likely N-dealkylation sites (N-methyl/N-ethyl adjacent to an activating group) is 1. The lowest BCUT2D eigenvalue weighted by Crippen LogP contribution is -2.23. The van der Waals surface area contributed by atoms with Crippen LogP contribution in [0.15, 0.2) is 36.4 Å². The second-order valence-corrected chi connectivity index (χ2v) is 5.91. The molecule has 2 aromatic carbocycles. The van der Waals surface area contributed by atoms with E-state index in [2.05, 4.69) is 49.5 Å². The third kappa shape index (κ3) is 3.41. The lowest BCUT2D eigenvalue weighted by Gasteiger charge is -2.12. The Labute approximate surface area is 127 Å². The quantitative estimate of drug-likeness (QED) is 0.854. The number of aryl methyl sites for hydroxylation is 2. The SMILES string of the molecule is CNC(C)Cc1ccc(-c2cc(C)c(Cl)cc2C)cc1. The highest BCUT2D eigenvalue weighted by atomic mass is 35.5. The van der Waals surface area contributed by atoms with E-state index in [0.29, 0.717) is 6.04 Å². The summed E-state index contributed by atoms with van der Waals surface area (Å²) < 4.78 is 0. The summed E-state index contributed by atoms with van der Waals surface area (Å²) in [5, 5.41) is 4.11. The third-order valence-electron chi connectivity index (χ3n) is 3.81. The highest BCUT2D eigenvalue weighted by Gasteiger charge is 2.06. The topological polar surface area (TPSA) is 12.0 Å². The van der Waals surface area contributed by atoms with Gasteiger partial charge in [-0.1, -0.05) is 35.9 Å². The largest absolute Gasteiger partial charge is 0.317 e. The van der Waals surface area contributed by atoms with Crippen LogP contribution in [0.1, 0.15) is 23.6 Å². The van der Waals surface area contributed by atoms with Gasteiger partial charge in [-0.2, -0.15) is 0 Å². The summed E-state index contributed by atoms with van der Waals surface area (Å²) in [7, 11) is 2.00. The van der Waals surface area contributed by atoms with Crippen molar-refractivity contribution in [2.75, 3.05) is 7.05 Å². The minimum absolute atomic E-state index is 0.500. The van der Waals surface area contributed by atoms with E-state index in [4.69, 9.17) is 11.6 Å². The summed E-state index contributed by atoms with van der Waals surface area (Å²) in [5.41, 5.74) is 6.22. The molecule has 0 saturated carbocycles. The van der Waals surface area contributed by atoms with Crippen LogP contribution in [0, 0.1) is 13.8 Å². The smallest absolute Gasteiger partial charge is 0.0438 e. The molecule has 2 rings (SSSR count). The molecule has 0 aliphatic heterocycles. The van der Waals surface area contributed by atoms with Gasteiger partial charge in [-0.25, -0.2) is 0 Å². The summed E-state index contributed by atoms with van der Waals surface area (Å²) in [5.74, 6) is 0. The van der Waals surface area contributed by atoms with Gasteiger partial charge in [-0.3, -0.25) is 0 Å². The first-order chi connectivity index (χ1) is 9.51. The van der Waals surface area contributed by atoms with Crippen molar-refractivity contribution in [1.82, 2.24) is 5.32 Å². The van der Waals surface area contributed by atoms with Crippen molar-refractivity contribution < 1.29 is 0 Å². The zero-order valence-corrected chi connectivity index (χ0v) is 13.4. The van der Waals surface area contributed by atoms with E-state index >= 15 is 0 Å². The Morgan fingerprint density at radius 1 is 1.05 bits per heavy atom. The summed E-state index contributed by atoms with van der Waals surface area (Å²) in [6, 6.07) is 13.5. The number of rotatable bonds is 4. The van der Waals surface area contributed by atoms with Crippen LogP contribution in [-0.4, -0.2) is 13.1 Å². The second kappa shape index (κ2) is 6.43. The Kier molecular flexibility index (Phi) is 4.85. The fourth-order valence-corrected chi connectivity index (χ4v) is 2.59. The molecule has 0 fully saturated rings. The Morgan fingerprint density at radius 2 is 1.70 bits per heavy atom. The average molecular weight is 288 g/mol. The second-order valence-electron chi connectivity index (χ2n) is 5.51. The number of nitrogens with one attached hydrogen (secondary N) is 1. The molecule has 0 spiro atoms. The molecule has 0 aliphatic carbocycles. The van der Waals surface area contributed by atoms with Gasteiger partial charge < -0.3 is 5.32 Å². The normalized spacial score (nSPS) is 12.4. The molecule has 0 radical (unpaired) electrons. The van der Waals surface area contributed by atoms with Crippen LogP contribution >= 0.6 is 11.6 Å². The molecule has 1 atom stereocenters. The number of hydrogen-bond donors (Lipinski definition) is 1. The fraction of sp³-hybridized carbons (Fsp3) is 0.333.